The van der Waals surface area contributed by atoms with Crippen LogP contribution in [0.3, 0.4) is 0 Å². The Labute approximate surface area is 141 Å². The van der Waals surface area contributed by atoms with E-state index in [4.69, 9.17) is 9.40 Å². The van der Waals surface area contributed by atoms with E-state index in [1.807, 2.05) is 12.1 Å². The summed E-state index contributed by atoms with van der Waals surface area (Å²) < 4.78 is 5.69. The van der Waals surface area contributed by atoms with Gasteiger partial charge in [-0.05, 0) is 65.3 Å². The van der Waals surface area contributed by atoms with Crippen molar-refractivity contribution in [1.82, 2.24) is 4.98 Å². The third-order valence-corrected chi connectivity index (χ3v) is 5.29. The summed E-state index contributed by atoms with van der Waals surface area (Å²) in [5.41, 5.74) is 4.96. The maximum atomic E-state index is 5.69. The second-order valence-electron chi connectivity index (χ2n) is 6.92. The van der Waals surface area contributed by atoms with Gasteiger partial charge >= 0.3 is 0 Å². The summed E-state index contributed by atoms with van der Waals surface area (Å²) in [7, 11) is 0. The Kier molecular flexibility index (Phi) is 2.99. The molecule has 2 aromatic heterocycles. The third kappa shape index (κ3) is 1.99. The maximum absolute atomic E-state index is 5.69. The molecule has 24 heavy (non-hydrogen) atoms. The van der Waals surface area contributed by atoms with Gasteiger partial charge in [0.25, 0.3) is 0 Å². The fraction of sp³-hybridized carbons (Fsp3) is 0.227. The lowest BCUT2D eigenvalue weighted by Gasteiger charge is -2.25. The van der Waals surface area contributed by atoms with Gasteiger partial charge in [-0.3, -0.25) is 0 Å². The molecule has 2 heteroatoms. The van der Waals surface area contributed by atoms with Gasteiger partial charge in [-0.2, -0.15) is 0 Å². The van der Waals surface area contributed by atoms with E-state index in [2.05, 4.69) is 43.3 Å². The third-order valence-electron chi connectivity index (χ3n) is 5.29. The standard InChI is InChI=1S/C22H19NO/c1-14-8-10-17-18(13-14)22(20-7-4-12-24-20)23-19-11-9-15-5-2-3-6-16(15)21(17)19/h2-7,9,11-12,14H,8,10,13H2,1H3/t14-/m0/s1. The molecule has 1 atom stereocenters. The van der Waals surface area contributed by atoms with E-state index in [-0.39, 0.29) is 0 Å². The second kappa shape index (κ2) is 5.20. The lowest BCUT2D eigenvalue weighted by molar-refractivity contribution is 0.501. The van der Waals surface area contributed by atoms with Crippen LogP contribution in [0, 0.1) is 5.92 Å². The van der Waals surface area contributed by atoms with Crippen molar-refractivity contribution in [3.63, 3.8) is 0 Å². The first kappa shape index (κ1) is 13.8. The van der Waals surface area contributed by atoms with Gasteiger partial charge in [-0.25, -0.2) is 4.98 Å². The van der Waals surface area contributed by atoms with Crippen LogP contribution < -0.4 is 0 Å². The first-order valence-corrected chi connectivity index (χ1v) is 8.68. The number of aromatic nitrogens is 1. The van der Waals surface area contributed by atoms with Gasteiger partial charge in [0, 0.05) is 5.39 Å². The Morgan fingerprint density at radius 2 is 1.92 bits per heavy atom. The predicted molar refractivity (Wildman–Crippen MR) is 98.1 cm³/mol. The summed E-state index contributed by atoms with van der Waals surface area (Å²) in [4.78, 5) is 5.02. The van der Waals surface area contributed by atoms with Crippen LogP contribution in [0.1, 0.15) is 24.5 Å². The number of pyridine rings is 1. The van der Waals surface area contributed by atoms with Crippen LogP contribution in [0.5, 0.6) is 0 Å². The number of fused-ring (bicyclic) bond motifs is 5. The molecule has 0 spiro atoms. The van der Waals surface area contributed by atoms with Crippen LogP contribution in [0.2, 0.25) is 0 Å². The van der Waals surface area contributed by atoms with Gasteiger partial charge in [0.1, 0.15) is 5.69 Å². The fourth-order valence-corrected chi connectivity index (χ4v) is 4.11. The highest BCUT2D eigenvalue weighted by Crippen LogP contribution is 2.39. The van der Waals surface area contributed by atoms with Gasteiger partial charge < -0.3 is 4.42 Å². The lowest BCUT2D eigenvalue weighted by atomic mass is 9.81. The Balaban J connectivity index is 1.93. The molecule has 0 fully saturated rings. The molecule has 0 unspecified atom stereocenters. The highest BCUT2D eigenvalue weighted by atomic mass is 16.3. The molecule has 0 amide bonds. The second-order valence-corrected chi connectivity index (χ2v) is 6.92. The summed E-state index contributed by atoms with van der Waals surface area (Å²) in [6, 6.07) is 16.9. The van der Waals surface area contributed by atoms with Crippen LogP contribution in [0.15, 0.2) is 59.2 Å². The number of benzene rings is 2. The molecule has 0 saturated carbocycles. The quantitative estimate of drug-likeness (QED) is 0.417. The molecular formula is C22H19NO. The zero-order valence-electron chi connectivity index (χ0n) is 13.8. The highest BCUT2D eigenvalue weighted by Gasteiger charge is 2.24. The first-order valence-electron chi connectivity index (χ1n) is 8.68. The van der Waals surface area contributed by atoms with Crippen molar-refractivity contribution in [2.24, 2.45) is 5.92 Å². The number of hydrogen-bond acceptors (Lipinski definition) is 2. The molecule has 0 bridgehead atoms. The SMILES string of the molecule is C[C@H]1CCc2c(c(-c3ccco3)nc3ccc4ccccc4c23)C1. The molecule has 0 radical (unpaired) electrons. The minimum Gasteiger partial charge on any atom is -0.463 e. The van der Waals surface area contributed by atoms with Crippen LogP contribution >= 0.6 is 0 Å². The van der Waals surface area contributed by atoms with Gasteiger partial charge in [-0.1, -0.05) is 37.3 Å². The molecular weight excluding hydrogens is 294 g/mol. The Morgan fingerprint density at radius 1 is 1.00 bits per heavy atom. The number of aryl methyl sites for hydroxylation is 1. The maximum Gasteiger partial charge on any atom is 0.152 e. The van der Waals surface area contributed by atoms with E-state index >= 15 is 0 Å². The van der Waals surface area contributed by atoms with Crippen LogP contribution in [-0.2, 0) is 12.8 Å². The molecule has 5 rings (SSSR count). The zero-order chi connectivity index (χ0) is 16.1. The molecule has 0 aliphatic heterocycles. The normalized spacial score (nSPS) is 17.3. The van der Waals surface area contributed by atoms with Gasteiger partial charge in [0.05, 0.1) is 11.8 Å². The number of rotatable bonds is 1. The fourth-order valence-electron chi connectivity index (χ4n) is 4.11. The minimum absolute atomic E-state index is 0.695. The van der Waals surface area contributed by atoms with Crippen molar-refractivity contribution in [2.45, 2.75) is 26.2 Å². The van der Waals surface area contributed by atoms with Crippen molar-refractivity contribution in [3.8, 4) is 11.5 Å². The topological polar surface area (TPSA) is 26.0 Å². The van der Waals surface area contributed by atoms with Crippen molar-refractivity contribution in [3.05, 3.63) is 65.9 Å². The lowest BCUT2D eigenvalue weighted by Crippen LogP contribution is -2.14. The average Bonchev–Trinajstić information content (AvgIpc) is 3.15. The molecule has 4 aromatic rings. The smallest absolute Gasteiger partial charge is 0.152 e. The predicted octanol–water partition coefficient (Wildman–Crippen LogP) is 5.77. The van der Waals surface area contributed by atoms with Gasteiger partial charge in [-0.15, -0.1) is 0 Å². The molecule has 2 heterocycles. The van der Waals surface area contributed by atoms with E-state index in [0.717, 1.165) is 29.8 Å². The Morgan fingerprint density at radius 3 is 2.79 bits per heavy atom. The molecule has 118 valence electrons. The molecule has 0 N–H and O–H groups in total. The minimum atomic E-state index is 0.695. The zero-order valence-corrected chi connectivity index (χ0v) is 13.8. The largest absolute Gasteiger partial charge is 0.463 e. The van der Waals surface area contributed by atoms with E-state index < -0.39 is 0 Å². The van der Waals surface area contributed by atoms with Crippen LogP contribution in [-0.4, -0.2) is 4.98 Å². The van der Waals surface area contributed by atoms with E-state index in [1.54, 1.807) is 6.26 Å². The first-order chi connectivity index (χ1) is 11.8. The van der Waals surface area contributed by atoms with Gasteiger partial charge in [0.2, 0.25) is 0 Å². The molecule has 1 aliphatic rings. The molecule has 1 aliphatic carbocycles. The Hall–Kier alpha value is -2.61. The van der Waals surface area contributed by atoms with Crippen molar-refractivity contribution in [2.75, 3.05) is 0 Å². The molecule has 2 nitrogen and oxygen atoms in total. The van der Waals surface area contributed by atoms with E-state index in [0.29, 0.717) is 5.92 Å². The van der Waals surface area contributed by atoms with Crippen molar-refractivity contribution >= 4 is 21.7 Å². The Bertz CT molecular complexity index is 1050. The van der Waals surface area contributed by atoms with Gasteiger partial charge in [0.15, 0.2) is 5.76 Å². The highest BCUT2D eigenvalue weighted by molar-refractivity contribution is 6.09. The number of nitrogens with zero attached hydrogens (tertiary/aromatic N) is 1. The molecule has 2 aromatic carbocycles. The summed E-state index contributed by atoms with van der Waals surface area (Å²) in [5, 5.41) is 3.95. The summed E-state index contributed by atoms with van der Waals surface area (Å²) in [6.07, 6.45) is 5.18. The summed E-state index contributed by atoms with van der Waals surface area (Å²) in [6.45, 7) is 2.34. The van der Waals surface area contributed by atoms with Crippen LogP contribution in [0.25, 0.3) is 33.1 Å². The number of hydrogen-bond donors (Lipinski definition) is 0. The monoisotopic (exact) mass is 313 g/mol. The van der Waals surface area contributed by atoms with E-state index in [9.17, 15) is 0 Å². The van der Waals surface area contributed by atoms with Crippen LogP contribution in [0.4, 0.5) is 0 Å². The van der Waals surface area contributed by atoms with E-state index in [1.165, 1.54) is 33.7 Å². The summed E-state index contributed by atoms with van der Waals surface area (Å²) >= 11 is 0. The van der Waals surface area contributed by atoms with Crippen molar-refractivity contribution in [1.29, 1.82) is 0 Å². The van der Waals surface area contributed by atoms with Crippen molar-refractivity contribution < 1.29 is 4.42 Å². The average molecular weight is 313 g/mol. The number of furan rings is 1. The molecule has 0 saturated heterocycles. The summed E-state index contributed by atoms with van der Waals surface area (Å²) in [5.74, 6) is 1.58.